The lowest BCUT2D eigenvalue weighted by atomic mass is 9.94. The predicted octanol–water partition coefficient (Wildman–Crippen LogP) is 5.28. The zero-order chi connectivity index (χ0) is 23.8. The van der Waals surface area contributed by atoms with Gasteiger partial charge in [-0.1, -0.05) is 30.4 Å². The van der Waals surface area contributed by atoms with Crippen LogP contribution in [0.3, 0.4) is 0 Å². The number of thiocarbonyl (C=S) groups is 1. The summed E-state index contributed by atoms with van der Waals surface area (Å²) in [7, 11) is 3.22. The second-order valence-electron chi connectivity index (χ2n) is 9.22. The summed E-state index contributed by atoms with van der Waals surface area (Å²) in [6.45, 7) is 0.0826. The number of nitrogens with zero attached hydrogens (tertiary/aromatic N) is 1. The molecule has 1 aromatic carbocycles. The van der Waals surface area contributed by atoms with Gasteiger partial charge in [0.1, 0.15) is 27.3 Å². The number of aliphatic hydroxyl groups is 1. The number of ether oxygens (including phenoxy) is 2. The molecule has 1 aromatic heterocycles. The zero-order valence-corrected chi connectivity index (χ0v) is 21.0. The number of methoxy groups -OCH3 is 2. The first-order valence-electron chi connectivity index (χ1n) is 11.7. The molecule has 1 N–H and O–H groups in total. The van der Waals surface area contributed by atoms with E-state index in [0.29, 0.717) is 51.0 Å². The third-order valence-electron chi connectivity index (χ3n) is 7.20. The van der Waals surface area contributed by atoms with Crippen molar-refractivity contribution in [1.82, 2.24) is 4.90 Å². The van der Waals surface area contributed by atoms with Gasteiger partial charge in [0.05, 0.1) is 19.1 Å². The lowest BCUT2D eigenvalue weighted by Gasteiger charge is -2.30. The highest BCUT2D eigenvalue weighted by molar-refractivity contribution is 8.26. The van der Waals surface area contributed by atoms with Gasteiger partial charge in [-0.3, -0.25) is 9.69 Å². The molecule has 8 heteroatoms. The molecule has 3 atom stereocenters. The lowest BCUT2D eigenvalue weighted by molar-refractivity contribution is -0.124. The molecule has 34 heavy (non-hydrogen) atoms. The topological polar surface area (TPSA) is 72.1 Å². The van der Waals surface area contributed by atoms with E-state index < -0.39 is 0 Å². The number of carbonyl (C=O) groups excluding carboxylic acids is 1. The molecule has 2 saturated carbocycles. The Morgan fingerprint density at radius 2 is 1.94 bits per heavy atom. The molecule has 3 aliphatic rings. The maximum atomic E-state index is 13.4. The largest absolute Gasteiger partial charge is 0.497 e. The number of rotatable bonds is 8. The average molecular weight is 500 g/mol. The van der Waals surface area contributed by atoms with E-state index in [1.54, 1.807) is 20.3 Å². The van der Waals surface area contributed by atoms with Crippen molar-refractivity contribution in [2.45, 2.75) is 44.6 Å². The first kappa shape index (κ1) is 23.5. The summed E-state index contributed by atoms with van der Waals surface area (Å²) in [4.78, 5) is 15.8. The van der Waals surface area contributed by atoms with Crippen molar-refractivity contribution >= 4 is 40.3 Å². The monoisotopic (exact) mass is 499 g/mol. The van der Waals surface area contributed by atoms with E-state index in [2.05, 4.69) is 0 Å². The van der Waals surface area contributed by atoms with Crippen LogP contribution in [0.1, 0.15) is 43.4 Å². The maximum Gasteiger partial charge on any atom is 0.266 e. The van der Waals surface area contributed by atoms with Crippen LogP contribution in [0.25, 0.3) is 17.4 Å². The molecule has 0 spiro atoms. The molecule has 5 rings (SSSR count). The molecule has 3 fully saturated rings. The summed E-state index contributed by atoms with van der Waals surface area (Å²) in [5, 5.41) is 9.39. The smallest absolute Gasteiger partial charge is 0.266 e. The van der Waals surface area contributed by atoms with Gasteiger partial charge in [0.25, 0.3) is 5.91 Å². The minimum Gasteiger partial charge on any atom is -0.497 e. The molecule has 6 nitrogen and oxygen atoms in total. The van der Waals surface area contributed by atoms with E-state index in [9.17, 15) is 9.90 Å². The number of thioether (sulfide) groups is 1. The Morgan fingerprint density at radius 3 is 2.56 bits per heavy atom. The number of benzene rings is 1. The number of aliphatic hydroxyl groups excluding tert-OH is 1. The van der Waals surface area contributed by atoms with Crippen LogP contribution in [0.2, 0.25) is 0 Å². The van der Waals surface area contributed by atoms with Crippen LogP contribution in [0.5, 0.6) is 11.5 Å². The normalized spacial score (nSPS) is 25.1. The Balaban J connectivity index is 1.47. The summed E-state index contributed by atoms with van der Waals surface area (Å²) in [5.74, 6) is 3.90. The molecular formula is C26H29NO5S2. The summed E-state index contributed by atoms with van der Waals surface area (Å²) in [6.07, 6.45) is 7.83. The van der Waals surface area contributed by atoms with Crippen molar-refractivity contribution in [1.29, 1.82) is 0 Å². The predicted molar refractivity (Wildman–Crippen MR) is 137 cm³/mol. The minimum atomic E-state index is -0.0124. The van der Waals surface area contributed by atoms with Gasteiger partial charge in [-0.15, -0.1) is 0 Å². The van der Waals surface area contributed by atoms with Gasteiger partial charge in [0.2, 0.25) is 0 Å². The van der Waals surface area contributed by atoms with E-state index in [4.69, 9.17) is 26.1 Å². The SMILES string of the molecule is COc1cc(OC)cc(-c2cc(CCCO)c(/C=C3\SC(=S)N(C4CC5CCC4C5)C3=O)o2)c1. The molecule has 2 heterocycles. The number of hydrogen-bond donors (Lipinski definition) is 1. The van der Waals surface area contributed by atoms with Gasteiger partial charge in [-0.25, -0.2) is 0 Å². The fourth-order valence-corrected chi connectivity index (χ4v) is 6.88. The van der Waals surface area contributed by atoms with Crippen LogP contribution in [0.4, 0.5) is 0 Å². The van der Waals surface area contributed by atoms with Gasteiger partial charge in [-0.05, 0) is 67.7 Å². The molecule has 3 unspecified atom stereocenters. The van der Waals surface area contributed by atoms with Crippen LogP contribution >= 0.6 is 24.0 Å². The summed E-state index contributed by atoms with van der Waals surface area (Å²) in [6, 6.07) is 7.78. The zero-order valence-electron chi connectivity index (χ0n) is 19.4. The van der Waals surface area contributed by atoms with Gasteiger partial charge in [-0.2, -0.15) is 0 Å². The van der Waals surface area contributed by atoms with E-state index >= 15 is 0 Å². The number of hydrogen-bond acceptors (Lipinski definition) is 7. The van der Waals surface area contributed by atoms with Crippen LogP contribution in [0.15, 0.2) is 33.6 Å². The first-order chi connectivity index (χ1) is 16.5. The Hall–Kier alpha value is -2.29. The molecule has 2 aliphatic carbocycles. The molecular weight excluding hydrogens is 470 g/mol. The van der Waals surface area contributed by atoms with Gasteiger partial charge in [0, 0.05) is 30.4 Å². The summed E-state index contributed by atoms with van der Waals surface area (Å²) in [5.41, 5.74) is 1.76. The van der Waals surface area contributed by atoms with Crippen LogP contribution in [-0.4, -0.2) is 47.1 Å². The molecule has 0 radical (unpaired) electrons. The Labute approximate surface area is 209 Å². The second kappa shape index (κ2) is 9.76. The van der Waals surface area contributed by atoms with E-state index in [1.165, 1.54) is 31.0 Å². The van der Waals surface area contributed by atoms with Crippen LogP contribution < -0.4 is 9.47 Å². The highest BCUT2D eigenvalue weighted by Gasteiger charge is 2.48. The van der Waals surface area contributed by atoms with Gasteiger partial charge >= 0.3 is 0 Å². The van der Waals surface area contributed by atoms with Crippen LogP contribution in [-0.2, 0) is 11.2 Å². The fraction of sp³-hybridized carbons (Fsp3) is 0.462. The van der Waals surface area contributed by atoms with Crippen LogP contribution in [0, 0.1) is 11.8 Å². The lowest BCUT2D eigenvalue weighted by Crippen LogP contribution is -2.41. The number of furan rings is 1. The average Bonchev–Trinajstić information content (AvgIpc) is 3.62. The number of amides is 1. The second-order valence-corrected chi connectivity index (χ2v) is 10.9. The van der Waals surface area contributed by atoms with Gasteiger partial charge in [0.15, 0.2) is 0 Å². The molecule has 2 bridgehead atoms. The molecule has 1 saturated heterocycles. The quantitative estimate of drug-likeness (QED) is 0.391. The molecule has 1 amide bonds. The minimum absolute atomic E-state index is 0.0124. The van der Waals surface area contributed by atoms with E-state index in [-0.39, 0.29) is 18.6 Å². The highest BCUT2D eigenvalue weighted by Crippen LogP contribution is 2.49. The molecule has 2 aromatic rings. The molecule has 1 aliphatic heterocycles. The van der Waals surface area contributed by atoms with Crippen molar-refractivity contribution in [3.63, 3.8) is 0 Å². The fourth-order valence-electron chi connectivity index (χ4n) is 5.53. The maximum absolute atomic E-state index is 13.4. The van der Waals surface area contributed by atoms with E-state index in [1.807, 2.05) is 29.2 Å². The van der Waals surface area contributed by atoms with Crippen molar-refractivity contribution < 1.29 is 23.8 Å². The standard InChI is InChI=1S/C26H29NO5S2/c1-30-19-10-18(11-20(13-19)31-2)22-12-17(4-3-7-28)23(32-22)14-24-25(29)27(26(33)34-24)21-9-15-5-6-16(21)8-15/h10-16,21,28H,3-9H2,1-2H3/b24-14-. The Morgan fingerprint density at radius 1 is 1.18 bits per heavy atom. The van der Waals surface area contributed by atoms with Crippen molar-refractivity contribution in [2.24, 2.45) is 11.8 Å². The van der Waals surface area contributed by atoms with Crippen molar-refractivity contribution in [3.8, 4) is 22.8 Å². The Bertz CT molecular complexity index is 1120. The van der Waals surface area contributed by atoms with Gasteiger partial charge < -0.3 is 19.0 Å². The van der Waals surface area contributed by atoms with Crippen molar-refractivity contribution in [3.05, 3.63) is 40.5 Å². The van der Waals surface area contributed by atoms with Crippen molar-refractivity contribution in [2.75, 3.05) is 20.8 Å². The Kier molecular flexibility index (Phi) is 6.73. The molecule has 180 valence electrons. The summed E-state index contributed by atoms with van der Waals surface area (Å²) >= 11 is 7.00. The first-order valence-corrected chi connectivity index (χ1v) is 13.0. The number of carbonyl (C=O) groups is 1. The highest BCUT2D eigenvalue weighted by atomic mass is 32.2. The third kappa shape index (κ3) is 4.39. The number of aryl methyl sites for hydroxylation is 1. The summed E-state index contributed by atoms with van der Waals surface area (Å²) < 4.78 is 17.7. The van der Waals surface area contributed by atoms with E-state index in [0.717, 1.165) is 23.5 Å². The third-order valence-corrected chi connectivity index (χ3v) is 8.53. The number of fused-ring (bicyclic) bond motifs is 2.